The Balaban J connectivity index is 1.91. The summed E-state index contributed by atoms with van der Waals surface area (Å²) >= 11 is 0. The number of nitrogens with zero attached hydrogens (tertiary/aromatic N) is 4. The van der Waals surface area contributed by atoms with Gasteiger partial charge < -0.3 is 10.0 Å². The van der Waals surface area contributed by atoms with Crippen LogP contribution in [-0.4, -0.2) is 50.0 Å². The van der Waals surface area contributed by atoms with E-state index in [4.69, 9.17) is 5.11 Å². The Labute approximate surface area is 117 Å². The van der Waals surface area contributed by atoms with Crippen molar-refractivity contribution < 1.29 is 14.7 Å². The minimum absolute atomic E-state index is 0.0306. The molecule has 1 aliphatic rings. The van der Waals surface area contributed by atoms with Gasteiger partial charge in [-0.3, -0.25) is 4.79 Å². The molecule has 1 fully saturated rings. The third-order valence-corrected chi connectivity index (χ3v) is 3.98. The van der Waals surface area contributed by atoms with Gasteiger partial charge in [-0.15, -0.1) is 5.10 Å². The first-order valence-electron chi connectivity index (χ1n) is 6.86. The topological polar surface area (TPSA) is 88.3 Å². The maximum atomic E-state index is 12.2. The lowest BCUT2D eigenvalue weighted by atomic mass is 9.87. The van der Waals surface area contributed by atoms with Crippen molar-refractivity contribution in [3.63, 3.8) is 0 Å². The highest BCUT2D eigenvalue weighted by molar-refractivity contribution is 5.84. The molecule has 0 unspecified atom stereocenters. The number of carbonyl (C=O) groups excluding carboxylic acids is 1. The number of carboxylic acids is 1. The Morgan fingerprint density at radius 1 is 1.40 bits per heavy atom. The Bertz CT molecular complexity index is 492. The van der Waals surface area contributed by atoms with Crippen molar-refractivity contribution in [1.29, 1.82) is 0 Å². The van der Waals surface area contributed by atoms with Gasteiger partial charge in [-0.05, 0) is 31.6 Å². The average Bonchev–Trinajstić information content (AvgIpc) is 2.87. The number of carboxylic acid groups (broad SMARTS) is 1. The van der Waals surface area contributed by atoms with E-state index in [1.54, 1.807) is 11.9 Å². The zero-order valence-corrected chi connectivity index (χ0v) is 11.8. The molecule has 0 bridgehead atoms. The molecular weight excluding hydrogens is 260 g/mol. The molecule has 7 heteroatoms. The van der Waals surface area contributed by atoms with Crippen LogP contribution < -0.4 is 0 Å². The van der Waals surface area contributed by atoms with Gasteiger partial charge >= 0.3 is 5.97 Å². The first-order valence-corrected chi connectivity index (χ1v) is 6.86. The smallest absolute Gasteiger partial charge is 0.358 e. The summed E-state index contributed by atoms with van der Waals surface area (Å²) in [7, 11) is 1.80. The van der Waals surface area contributed by atoms with Crippen molar-refractivity contribution in [2.75, 3.05) is 7.05 Å². The predicted molar refractivity (Wildman–Crippen MR) is 71.2 cm³/mol. The van der Waals surface area contributed by atoms with Crippen molar-refractivity contribution >= 4 is 11.9 Å². The van der Waals surface area contributed by atoms with E-state index < -0.39 is 5.97 Å². The van der Waals surface area contributed by atoms with Crippen molar-refractivity contribution in [2.45, 2.75) is 45.2 Å². The molecule has 1 aromatic rings. The largest absolute Gasteiger partial charge is 0.476 e. The molecule has 0 spiro atoms. The lowest BCUT2D eigenvalue weighted by Crippen LogP contribution is -2.41. The lowest BCUT2D eigenvalue weighted by molar-refractivity contribution is -0.133. The quantitative estimate of drug-likeness (QED) is 0.889. The van der Waals surface area contributed by atoms with E-state index in [2.05, 4.69) is 17.2 Å². The van der Waals surface area contributed by atoms with E-state index in [0.717, 1.165) is 31.6 Å². The number of aromatic carboxylic acids is 1. The van der Waals surface area contributed by atoms with Crippen molar-refractivity contribution in [1.82, 2.24) is 19.9 Å². The minimum atomic E-state index is -1.14. The maximum Gasteiger partial charge on any atom is 0.358 e. The van der Waals surface area contributed by atoms with Crippen LogP contribution in [0.4, 0.5) is 0 Å². The van der Waals surface area contributed by atoms with Crippen LogP contribution >= 0.6 is 0 Å². The number of hydrogen-bond acceptors (Lipinski definition) is 4. The molecule has 1 aromatic heterocycles. The summed E-state index contributed by atoms with van der Waals surface area (Å²) in [6.45, 7) is 2.27. The van der Waals surface area contributed by atoms with E-state index in [1.807, 2.05) is 0 Å². The Hall–Kier alpha value is -1.92. The molecule has 1 N–H and O–H groups in total. The predicted octanol–water partition coefficient (Wildman–Crippen LogP) is 1.01. The first kappa shape index (κ1) is 14.5. The van der Waals surface area contributed by atoms with E-state index in [1.165, 1.54) is 10.9 Å². The van der Waals surface area contributed by atoms with Crippen LogP contribution in [0.25, 0.3) is 0 Å². The number of aromatic nitrogens is 3. The van der Waals surface area contributed by atoms with Crippen LogP contribution in [0.5, 0.6) is 0 Å². The van der Waals surface area contributed by atoms with Gasteiger partial charge in [0.05, 0.1) is 6.20 Å². The zero-order valence-electron chi connectivity index (χ0n) is 11.8. The van der Waals surface area contributed by atoms with Gasteiger partial charge in [0.15, 0.2) is 5.69 Å². The summed E-state index contributed by atoms with van der Waals surface area (Å²) in [6, 6.07) is 0.279. The highest BCUT2D eigenvalue weighted by Crippen LogP contribution is 2.26. The van der Waals surface area contributed by atoms with Crippen molar-refractivity contribution in [3.05, 3.63) is 11.9 Å². The van der Waals surface area contributed by atoms with Crippen molar-refractivity contribution in [3.8, 4) is 0 Å². The molecule has 1 saturated carbocycles. The second kappa shape index (κ2) is 6.02. The second-order valence-corrected chi connectivity index (χ2v) is 5.52. The van der Waals surface area contributed by atoms with E-state index in [9.17, 15) is 9.59 Å². The van der Waals surface area contributed by atoms with Gasteiger partial charge in [-0.2, -0.15) is 0 Å². The van der Waals surface area contributed by atoms with Gasteiger partial charge in [0.2, 0.25) is 5.91 Å². The van der Waals surface area contributed by atoms with Gasteiger partial charge in [-0.1, -0.05) is 12.1 Å². The number of likely N-dealkylation sites (N-methyl/N-ethyl adjacent to an activating group) is 1. The first-order chi connectivity index (χ1) is 9.47. The van der Waals surface area contributed by atoms with Gasteiger partial charge in [0.25, 0.3) is 0 Å². The lowest BCUT2D eigenvalue weighted by Gasteiger charge is -2.33. The SMILES string of the molecule is CC1CCC(N(C)C(=O)Cn2cc(C(=O)O)nn2)CC1. The summed E-state index contributed by atoms with van der Waals surface area (Å²) in [5.74, 6) is -0.465. The molecule has 0 radical (unpaired) electrons. The fourth-order valence-corrected chi connectivity index (χ4v) is 2.56. The highest BCUT2D eigenvalue weighted by Gasteiger charge is 2.25. The van der Waals surface area contributed by atoms with Gasteiger partial charge in [0.1, 0.15) is 6.54 Å². The van der Waals surface area contributed by atoms with Crippen LogP contribution in [0.1, 0.15) is 43.1 Å². The summed E-state index contributed by atoms with van der Waals surface area (Å²) in [5.41, 5.74) is -0.146. The molecule has 0 aliphatic heterocycles. The Morgan fingerprint density at radius 2 is 2.05 bits per heavy atom. The molecule has 0 atom stereocenters. The molecule has 20 heavy (non-hydrogen) atoms. The molecule has 1 amide bonds. The molecule has 0 saturated heterocycles. The van der Waals surface area contributed by atoms with Gasteiger partial charge in [-0.25, -0.2) is 9.48 Å². The fourth-order valence-electron chi connectivity index (χ4n) is 2.56. The van der Waals surface area contributed by atoms with Gasteiger partial charge in [0, 0.05) is 13.1 Å². The van der Waals surface area contributed by atoms with Crippen LogP contribution in [0.3, 0.4) is 0 Å². The number of amides is 1. The summed E-state index contributed by atoms with van der Waals surface area (Å²) in [4.78, 5) is 24.6. The normalized spacial score (nSPS) is 22.5. The third kappa shape index (κ3) is 3.34. The van der Waals surface area contributed by atoms with E-state index >= 15 is 0 Å². The standard InChI is InChI=1S/C13H20N4O3/c1-9-3-5-10(6-4-9)16(2)12(18)8-17-7-11(13(19)20)14-15-17/h7,9-10H,3-6,8H2,1-2H3,(H,19,20). The molecule has 0 aromatic carbocycles. The molecule has 1 aliphatic carbocycles. The third-order valence-electron chi connectivity index (χ3n) is 3.98. The average molecular weight is 280 g/mol. The molecular formula is C13H20N4O3. The molecule has 7 nitrogen and oxygen atoms in total. The van der Waals surface area contributed by atoms with Crippen LogP contribution in [0.2, 0.25) is 0 Å². The molecule has 110 valence electrons. The Morgan fingerprint density at radius 3 is 2.60 bits per heavy atom. The molecule has 2 rings (SSSR count). The summed E-state index contributed by atoms with van der Waals surface area (Å²) in [5, 5.41) is 15.9. The molecule has 1 heterocycles. The Kier molecular flexibility index (Phi) is 4.36. The maximum absolute atomic E-state index is 12.2. The summed E-state index contributed by atoms with van der Waals surface area (Å²) in [6.07, 6.45) is 5.63. The second-order valence-electron chi connectivity index (χ2n) is 5.52. The fraction of sp³-hybridized carbons (Fsp3) is 0.692. The number of carbonyl (C=O) groups is 2. The monoisotopic (exact) mass is 280 g/mol. The van der Waals surface area contributed by atoms with E-state index in [0.29, 0.717) is 0 Å². The minimum Gasteiger partial charge on any atom is -0.476 e. The van der Waals surface area contributed by atoms with Crippen LogP contribution in [-0.2, 0) is 11.3 Å². The highest BCUT2D eigenvalue weighted by atomic mass is 16.4. The summed E-state index contributed by atoms with van der Waals surface area (Å²) < 4.78 is 1.27. The van der Waals surface area contributed by atoms with Crippen LogP contribution in [0, 0.1) is 5.92 Å². The van der Waals surface area contributed by atoms with Crippen LogP contribution in [0.15, 0.2) is 6.20 Å². The van der Waals surface area contributed by atoms with E-state index in [-0.39, 0.29) is 24.2 Å². The number of hydrogen-bond donors (Lipinski definition) is 1. The number of rotatable bonds is 4. The zero-order chi connectivity index (χ0) is 14.7. The van der Waals surface area contributed by atoms with Crippen molar-refractivity contribution in [2.24, 2.45) is 5.92 Å².